The van der Waals surface area contributed by atoms with Crippen LogP contribution in [0.2, 0.25) is 0 Å². The van der Waals surface area contributed by atoms with Gasteiger partial charge in [-0.3, -0.25) is 9.59 Å². The van der Waals surface area contributed by atoms with Crippen molar-refractivity contribution in [2.24, 2.45) is 10.8 Å². The van der Waals surface area contributed by atoms with Crippen LogP contribution in [-0.4, -0.2) is 36.9 Å². The lowest BCUT2D eigenvalue weighted by molar-refractivity contribution is -0.119. The second kappa shape index (κ2) is 8.34. The minimum atomic E-state index is -0.595. The molecule has 0 heterocycles. The highest BCUT2D eigenvalue weighted by atomic mass is 16.5. The topological polar surface area (TPSA) is 123 Å². The van der Waals surface area contributed by atoms with Gasteiger partial charge in [-0.2, -0.15) is 5.10 Å². The van der Waals surface area contributed by atoms with Crippen molar-refractivity contribution < 1.29 is 24.2 Å². The summed E-state index contributed by atoms with van der Waals surface area (Å²) < 4.78 is 10.4. The smallest absolute Gasteiger partial charge is 0.271 e. The van der Waals surface area contributed by atoms with Crippen LogP contribution in [-0.2, 0) is 4.79 Å². The van der Waals surface area contributed by atoms with Crippen LogP contribution >= 0.6 is 0 Å². The van der Waals surface area contributed by atoms with Gasteiger partial charge in [-0.05, 0) is 42.0 Å². The van der Waals surface area contributed by atoms with E-state index in [0.29, 0.717) is 17.1 Å². The van der Waals surface area contributed by atoms with E-state index in [1.54, 1.807) is 30.3 Å². The van der Waals surface area contributed by atoms with Crippen molar-refractivity contribution in [3.8, 4) is 17.2 Å². The summed E-state index contributed by atoms with van der Waals surface area (Å²) in [6.45, 7) is -0.260. The number of hydrogen-bond acceptors (Lipinski definition) is 6. The molecule has 0 atom stereocenters. The van der Waals surface area contributed by atoms with Gasteiger partial charge in [-0.15, -0.1) is 0 Å². The standard InChI is InChI=1S/C17H17N3O5/c1-24-15-7-11(5-6-14(15)25-10-16(18)22)9-19-20-17(23)12-3-2-4-13(21)8-12/h2-9,21H,10H2,1H3,(H2,18,22)(H,20,23)/b19-9-. The first-order valence-electron chi connectivity index (χ1n) is 7.21. The molecule has 130 valence electrons. The second-order valence-corrected chi connectivity index (χ2v) is 4.91. The quantitative estimate of drug-likeness (QED) is 0.512. The van der Waals surface area contributed by atoms with Crippen molar-refractivity contribution in [1.29, 1.82) is 0 Å². The molecule has 2 aromatic carbocycles. The number of carbonyl (C=O) groups excluding carboxylic acids is 2. The predicted octanol–water partition coefficient (Wildman–Crippen LogP) is 1.03. The second-order valence-electron chi connectivity index (χ2n) is 4.91. The highest BCUT2D eigenvalue weighted by Gasteiger charge is 2.07. The Bertz CT molecular complexity index is 805. The van der Waals surface area contributed by atoms with Crippen molar-refractivity contribution >= 4 is 18.0 Å². The first kappa shape index (κ1) is 17.8. The number of benzene rings is 2. The average molecular weight is 343 g/mol. The molecule has 0 bridgehead atoms. The third-order valence-corrected chi connectivity index (χ3v) is 3.05. The van der Waals surface area contributed by atoms with Gasteiger partial charge >= 0.3 is 0 Å². The van der Waals surface area contributed by atoms with Crippen molar-refractivity contribution in [3.05, 3.63) is 53.6 Å². The Morgan fingerprint density at radius 1 is 1.24 bits per heavy atom. The van der Waals surface area contributed by atoms with Gasteiger partial charge in [-0.1, -0.05) is 6.07 Å². The predicted molar refractivity (Wildman–Crippen MR) is 90.9 cm³/mol. The molecule has 0 aliphatic carbocycles. The Morgan fingerprint density at radius 2 is 2.04 bits per heavy atom. The number of methoxy groups -OCH3 is 1. The molecule has 8 nitrogen and oxygen atoms in total. The summed E-state index contributed by atoms with van der Waals surface area (Å²) in [5, 5.41) is 13.2. The SMILES string of the molecule is COc1cc(/C=N\NC(=O)c2cccc(O)c2)ccc1OCC(N)=O. The van der Waals surface area contributed by atoms with Crippen molar-refractivity contribution in [2.75, 3.05) is 13.7 Å². The van der Waals surface area contributed by atoms with Crippen LogP contribution in [0.3, 0.4) is 0 Å². The molecule has 0 fully saturated rings. The van der Waals surface area contributed by atoms with E-state index in [4.69, 9.17) is 15.2 Å². The maximum absolute atomic E-state index is 11.9. The monoisotopic (exact) mass is 343 g/mol. The molecular weight excluding hydrogens is 326 g/mol. The first-order valence-corrected chi connectivity index (χ1v) is 7.21. The maximum atomic E-state index is 11.9. The summed E-state index contributed by atoms with van der Waals surface area (Å²) in [7, 11) is 1.46. The number of primary amides is 1. The number of phenolic OH excluding ortho intramolecular Hbond substituents is 1. The van der Waals surface area contributed by atoms with E-state index in [9.17, 15) is 14.7 Å². The molecule has 0 radical (unpaired) electrons. The Morgan fingerprint density at radius 3 is 2.72 bits per heavy atom. The third kappa shape index (κ3) is 5.24. The van der Waals surface area contributed by atoms with E-state index in [1.807, 2.05) is 0 Å². The summed E-state index contributed by atoms with van der Waals surface area (Å²) >= 11 is 0. The van der Waals surface area contributed by atoms with Crippen LogP contribution < -0.4 is 20.6 Å². The normalized spacial score (nSPS) is 10.4. The summed E-state index contributed by atoms with van der Waals surface area (Å²) in [5.74, 6) is -0.303. The summed E-state index contributed by atoms with van der Waals surface area (Å²) in [6, 6.07) is 10.8. The molecule has 2 aromatic rings. The maximum Gasteiger partial charge on any atom is 0.271 e. The number of hydrogen-bond donors (Lipinski definition) is 3. The fourth-order valence-electron chi connectivity index (χ4n) is 1.91. The average Bonchev–Trinajstić information content (AvgIpc) is 2.60. The number of carbonyl (C=O) groups is 2. The van der Waals surface area contributed by atoms with E-state index in [2.05, 4.69) is 10.5 Å². The van der Waals surface area contributed by atoms with E-state index >= 15 is 0 Å². The zero-order chi connectivity index (χ0) is 18.2. The van der Waals surface area contributed by atoms with Gasteiger partial charge in [0.05, 0.1) is 13.3 Å². The fraction of sp³-hybridized carbons (Fsp3) is 0.118. The van der Waals surface area contributed by atoms with Crippen LogP contribution in [0.15, 0.2) is 47.6 Å². The Balaban J connectivity index is 2.03. The molecule has 4 N–H and O–H groups in total. The molecular formula is C17H17N3O5. The number of phenols is 1. The number of nitrogens with one attached hydrogen (secondary N) is 1. The van der Waals surface area contributed by atoms with Crippen molar-refractivity contribution in [3.63, 3.8) is 0 Å². The summed E-state index contributed by atoms with van der Waals surface area (Å²) in [5.41, 5.74) is 8.31. The van der Waals surface area contributed by atoms with Gasteiger partial charge in [0.1, 0.15) is 5.75 Å². The molecule has 0 saturated heterocycles. The number of ether oxygens (including phenoxy) is 2. The van der Waals surface area contributed by atoms with Gasteiger partial charge in [-0.25, -0.2) is 5.43 Å². The Hall–Kier alpha value is -3.55. The van der Waals surface area contributed by atoms with Crippen molar-refractivity contribution in [1.82, 2.24) is 5.43 Å². The lowest BCUT2D eigenvalue weighted by Gasteiger charge is -2.09. The Kier molecular flexibility index (Phi) is 5.94. The molecule has 0 saturated carbocycles. The van der Waals surface area contributed by atoms with Crippen LogP contribution in [0.5, 0.6) is 17.2 Å². The summed E-state index contributed by atoms with van der Waals surface area (Å²) in [6.07, 6.45) is 1.42. The third-order valence-electron chi connectivity index (χ3n) is 3.05. The van der Waals surface area contributed by atoms with Crippen molar-refractivity contribution in [2.45, 2.75) is 0 Å². The van der Waals surface area contributed by atoms with Gasteiger partial charge < -0.3 is 20.3 Å². The lowest BCUT2D eigenvalue weighted by atomic mass is 10.2. The molecule has 2 amide bonds. The number of nitrogens with two attached hydrogens (primary N) is 1. The first-order chi connectivity index (χ1) is 12.0. The van der Waals surface area contributed by atoms with Gasteiger partial charge in [0, 0.05) is 5.56 Å². The largest absolute Gasteiger partial charge is 0.508 e. The lowest BCUT2D eigenvalue weighted by Crippen LogP contribution is -2.20. The molecule has 0 aliphatic heterocycles. The minimum Gasteiger partial charge on any atom is -0.508 e. The van der Waals surface area contributed by atoms with Gasteiger partial charge in [0.15, 0.2) is 18.1 Å². The van der Waals surface area contributed by atoms with Crippen LogP contribution in [0, 0.1) is 0 Å². The van der Waals surface area contributed by atoms with E-state index in [-0.39, 0.29) is 17.9 Å². The van der Waals surface area contributed by atoms with Crippen LogP contribution in [0.25, 0.3) is 0 Å². The highest BCUT2D eigenvalue weighted by molar-refractivity contribution is 5.95. The molecule has 0 unspecified atom stereocenters. The zero-order valence-electron chi connectivity index (χ0n) is 13.4. The number of rotatable bonds is 7. The number of nitrogens with zero attached hydrogens (tertiary/aromatic N) is 1. The molecule has 8 heteroatoms. The molecule has 0 aliphatic rings. The molecule has 0 spiro atoms. The van der Waals surface area contributed by atoms with E-state index in [1.165, 1.54) is 25.5 Å². The van der Waals surface area contributed by atoms with Crippen LogP contribution in [0.4, 0.5) is 0 Å². The number of aromatic hydroxyl groups is 1. The zero-order valence-corrected chi connectivity index (χ0v) is 13.4. The molecule has 0 aromatic heterocycles. The van der Waals surface area contributed by atoms with Crippen LogP contribution in [0.1, 0.15) is 15.9 Å². The van der Waals surface area contributed by atoms with E-state index < -0.39 is 11.8 Å². The van der Waals surface area contributed by atoms with Gasteiger partial charge in [0.25, 0.3) is 11.8 Å². The molecule has 25 heavy (non-hydrogen) atoms. The van der Waals surface area contributed by atoms with Gasteiger partial charge in [0.2, 0.25) is 0 Å². The Labute approximate surface area is 143 Å². The van der Waals surface area contributed by atoms with E-state index in [0.717, 1.165) is 0 Å². The highest BCUT2D eigenvalue weighted by Crippen LogP contribution is 2.27. The summed E-state index contributed by atoms with van der Waals surface area (Å²) in [4.78, 5) is 22.7. The number of hydrazone groups is 1. The number of amides is 2. The molecule has 2 rings (SSSR count). The minimum absolute atomic E-state index is 0.00656. The fourth-order valence-corrected chi connectivity index (χ4v) is 1.91.